The average molecular weight is 251 g/mol. The van der Waals surface area contributed by atoms with Gasteiger partial charge >= 0.3 is 0 Å². The summed E-state index contributed by atoms with van der Waals surface area (Å²) in [4.78, 5) is 0. The highest BCUT2D eigenvalue weighted by Crippen LogP contribution is 2.18. The summed E-state index contributed by atoms with van der Waals surface area (Å²) in [6.45, 7) is 9.47. The van der Waals surface area contributed by atoms with Gasteiger partial charge < -0.3 is 14.8 Å². The van der Waals surface area contributed by atoms with Crippen LogP contribution in [0.4, 0.5) is 0 Å². The van der Waals surface area contributed by atoms with Gasteiger partial charge in [-0.1, -0.05) is 6.92 Å². The van der Waals surface area contributed by atoms with Crippen LogP contribution in [0.1, 0.15) is 34.1 Å². The van der Waals surface area contributed by atoms with Crippen LogP contribution in [0.5, 0.6) is 11.5 Å². The van der Waals surface area contributed by atoms with Gasteiger partial charge in [0.25, 0.3) is 0 Å². The normalized spacial score (nSPS) is 13.2. The lowest BCUT2D eigenvalue weighted by atomic mass is 10.1. The van der Waals surface area contributed by atoms with Crippen molar-refractivity contribution in [1.82, 2.24) is 5.32 Å². The first-order valence-corrected chi connectivity index (χ1v) is 6.50. The largest absolute Gasteiger partial charge is 0.497 e. The molecule has 0 radical (unpaired) electrons. The number of hydrogen-bond acceptors (Lipinski definition) is 3. The van der Waals surface area contributed by atoms with Crippen molar-refractivity contribution in [2.45, 2.75) is 45.8 Å². The molecule has 1 unspecified atom stereocenters. The summed E-state index contributed by atoms with van der Waals surface area (Å²) in [6, 6.07) is 7.72. The minimum absolute atomic E-state index is 0.122. The molecule has 0 amide bonds. The Morgan fingerprint density at radius 1 is 1.11 bits per heavy atom. The van der Waals surface area contributed by atoms with E-state index in [2.05, 4.69) is 33.0 Å². The van der Waals surface area contributed by atoms with Crippen molar-refractivity contribution in [3.8, 4) is 11.5 Å². The van der Waals surface area contributed by atoms with Crippen molar-refractivity contribution in [2.75, 3.05) is 13.7 Å². The van der Waals surface area contributed by atoms with Crippen LogP contribution in [0.2, 0.25) is 0 Å². The summed E-state index contributed by atoms with van der Waals surface area (Å²) in [6.07, 6.45) is 1.17. The van der Waals surface area contributed by atoms with Gasteiger partial charge in [0.05, 0.1) is 7.11 Å². The van der Waals surface area contributed by atoms with E-state index in [1.165, 1.54) is 0 Å². The molecule has 0 aromatic heterocycles. The Morgan fingerprint density at radius 3 is 2.11 bits per heavy atom. The zero-order valence-corrected chi connectivity index (χ0v) is 12.1. The van der Waals surface area contributed by atoms with Crippen molar-refractivity contribution in [3.05, 3.63) is 24.3 Å². The molecule has 0 bridgehead atoms. The Kier molecular flexibility index (Phi) is 5.48. The fraction of sp³-hybridized carbons (Fsp3) is 0.600. The van der Waals surface area contributed by atoms with Crippen molar-refractivity contribution >= 4 is 0 Å². The van der Waals surface area contributed by atoms with E-state index in [4.69, 9.17) is 9.47 Å². The predicted octanol–water partition coefficient (Wildman–Crippen LogP) is 3.24. The molecule has 102 valence electrons. The first-order chi connectivity index (χ1) is 8.44. The standard InChI is InChI=1S/C15H25NO2/c1-6-12(11-16-15(2,3)4)18-14-9-7-13(17-5)8-10-14/h7-10,12,16H,6,11H2,1-5H3. The predicted molar refractivity (Wildman–Crippen MR) is 75.5 cm³/mol. The SMILES string of the molecule is CCC(CNC(C)(C)C)Oc1ccc(OC)cc1. The topological polar surface area (TPSA) is 30.5 Å². The molecule has 0 aliphatic carbocycles. The Hall–Kier alpha value is -1.22. The molecule has 3 heteroatoms. The summed E-state index contributed by atoms with van der Waals surface area (Å²) < 4.78 is 11.1. The van der Waals surface area contributed by atoms with Gasteiger partial charge in [-0.25, -0.2) is 0 Å². The number of rotatable bonds is 6. The highest BCUT2D eigenvalue weighted by molar-refractivity contribution is 5.31. The van der Waals surface area contributed by atoms with Crippen LogP contribution >= 0.6 is 0 Å². The van der Waals surface area contributed by atoms with Gasteiger partial charge in [0.2, 0.25) is 0 Å². The minimum atomic E-state index is 0.122. The maximum atomic E-state index is 5.94. The second-order valence-corrected chi connectivity index (χ2v) is 5.45. The second kappa shape index (κ2) is 6.64. The van der Waals surface area contributed by atoms with E-state index < -0.39 is 0 Å². The van der Waals surface area contributed by atoms with Crippen LogP contribution in [0.25, 0.3) is 0 Å². The van der Waals surface area contributed by atoms with Crippen LogP contribution in [0, 0.1) is 0 Å². The summed E-state index contributed by atoms with van der Waals surface area (Å²) in [7, 11) is 1.66. The van der Waals surface area contributed by atoms with Crippen LogP contribution in [0.15, 0.2) is 24.3 Å². The zero-order chi connectivity index (χ0) is 13.6. The van der Waals surface area contributed by atoms with E-state index in [-0.39, 0.29) is 11.6 Å². The Labute approximate surface area is 110 Å². The van der Waals surface area contributed by atoms with Crippen molar-refractivity contribution < 1.29 is 9.47 Å². The molecule has 3 nitrogen and oxygen atoms in total. The van der Waals surface area contributed by atoms with E-state index in [1.807, 2.05) is 24.3 Å². The van der Waals surface area contributed by atoms with Crippen molar-refractivity contribution in [3.63, 3.8) is 0 Å². The fourth-order valence-corrected chi connectivity index (χ4v) is 1.54. The molecule has 0 saturated heterocycles. The molecule has 1 N–H and O–H groups in total. The maximum absolute atomic E-state index is 5.94. The lowest BCUT2D eigenvalue weighted by Crippen LogP contribution is -2.42. The van der Waals surface area contributed by atoms with E-state index >= 15 is 0 Å². The second-order valence-electron chi connectivity index (χ2n) is 5.45. The lowest BCUT2D eigenvalue weighted by Gasteiger charge is -2.25. The summed E-state index contributed by atoms with van der Waals surface area (Å²) in [5.74, 6) is 1.74. The molecular formula is C15H25NO2. The molecule has 0 aliphatic heterocycles. The van der Waals surface area contributed by atoms with E-state index in [0.29, 0.717) is 0 Å². The quantitative estimate of drug-likeness (QED) is 0.842. The molecule has 18 heavy (non-hydrogen) atoms. The number of ether oxygens (including phenoxy) is 2. The molecule has 0 fully saturated rings. The highest BCUT2D eigenvalue weighted by Gasteiger charge is 2.14. The fourth-order valence-electron chi connectivity index (χ4n) is 1.54. The number of benzene rings is 1. The summed E-state index contributed by atoms with van der Waals surface area (Å²) in [5, 5.41) is 3.47. The minimum Gasteiger partial charge on any atom is -0.497 e. The van der Waals surface area contributed by atoms with Gasteiger partial charge in [0.15, 0.2) is 0 Å². The molecule has 0 spiro atoms. The third kappa shape index (κ3) is 5.41. The molecular weight excluding hydrogens is 226 g/mol. The highest BCUT2D eigenvalue weighted by atomic mass is 16.5. The molecule has 0 heterocycles. The smallest absolute Gasteiger partial charge is 0.120 e. The maximum Gasteiger partial charge on any atom is 0.120 e. The lowest BCUT2D eigenvalue weighted by molar-refractivity contribution is 0.181. The third-order valence-corrected chi connectivity index (χ3v) is 2.68. The summed E-state index contributed by atoms with van der Waals surface area (Å²) in [5.41, 5.74) is 0.122. The van der Waals surface area contributed by atoms with E-state index in [0.717, 1.165) is 24.5 Å². The molecule has 1 rings (SSSR count). The molecule has 1 atom stereocenters. The first kappa shape index (κ1) is 14.8. The van der Waals surface area contributed by atoms with Crippen LogP contribution < -0.4 is 14.8 Å². The van der Waals surface area contributed by atoms with Gasteiger partial charge in [-0.15, -0.1) is 0 Å². The monoisotopic (exact) mass is 251 g/mol. The van der Waals surface area contributed by atoms with E-state index in [1.54, 1.807) is 7.11 Å². The number of methoxy groups -OCH3 is 1. The summed E-state index contributed by atoms with van der Waals surface area (Å²) >= 11 is 0. The Balaban J connectivity index is 2.51. The molecule has 1 aromatic carbocycles. The van der Waals surface area contributed by atoms with Gasteiger partial charge in [0, 0.05) is 12.1 Å². The third-order valence-electron chi connectivity index (χ3n) is 2.68. The van der Waals surface area contributed by atoms with Crippen molar-refractivity contribution in [2.24, 2.45) is 0 Å². The first-order valence-electron chi connectivity index (χ1n) is 6.50. The number of hydrogen-bond donors (Lipinski definition) is 1. The Morgan fingerprint density at radius 2 is 1.67 bits per heavy atom. The van der Waals surface area contributed by atoms with Gasteiger partial charge in [-0.2, -0.15) is 0 Å². The Bertz CT molecular complexity index is 341. The molecule has 0 saturated carbocycles. The van der Waals surface area contributed by atoms with E-state index in [9.17, 15) is 0 Å². The van der Waals surface area contributed by atoms with Crippen LogP contribution in [-0.2, 0) is 0 Å². The van der Waals surface area contributed by atoms with Gasteiger partial charge in [-0.05, 0) is 51.5 Å². The van der Waals surface area contributed by atoms with Gasteiger partial charge in [0.1, 0.15) is 17.6 Å². The average Bonchev–Trinajstić information content (AvgIpc) is 2.34. The van der Waals surface area contributed by atoms with Crippen molar-refractivity contribution in [1.29, 1.82) is 0 Å². The molecule has 0 aliphatic rings. The zero-order valence-electron chi connectivity index (χ0n) is 12.1. The van der Waals surface area contributed by atoms with Crippen LogP contribution in [0.3, 0.4) is 0 Å². The van der Waals surface area contributed by atoms with Crippen LogP contribution in [-0.4, -0.2) is 25.3 Å². The number of nitrogens with one attached hydrogen (secondary N) is 1. The molecule has 1 aromatic rings. The van der Waals surface area contributed by atoms with Gasteiger partial charge in [-0.3, -0.25) is 0 Å².